The molecule has 2 aromatic carbocycles. The lowest BCUT2D eigenvalue weighted by Gasteiger charge is -2.11. The number of anilines is 1. The number of aryl methyl sites for hydroxylation is 2. The first-order chi connectivity index (χ1) is 13.6. The molecule has 4 aromatic rings. The highest BCUT2D eigenvalue weighted by molar-refractivity contribution is 7.13. The third-order valence-corrected chi connectivity index (χ3v) is 5.45. The first-order valence-corrected chi connectivity index (χ1v) is 9.81. The summed E-state index contributed by atoms with van der Waals surface area (Å²) in [5.74, 6) is 0.957. The summed E-state index contributed by atoms with van der Waals surface area (Å²) in [6.07, 6.45) is 0.446. The molecule has 6 heteroatoms. The van der Waals surface area contributed by atoms with Crippen LogP contribution in [0.2, 0.25) is 0 Å². The van der Waals surface area contributed by atoms with Crippen molar-refractivity contribution in [3.05, 3.63) is 88.1 Å². The molecule has 0 unspecified atom stereocenters. The van der Waals surface area contributed by atoms with Crippen LogP contribution in [-0.4, -0.2) is 16.0 Å². The van der Waals surface area contributed by atoms with Crippen molar-refractivity contribution in [1.29, 1.82) is 0 Å². The quantitative estimate of drug-likeness (QED) is 0.506. The van der Waals surface area contributed by atoms with Crippen molar-refractivity contribution in [2.45, 2.75) is 20.3 Å². The number of hydrogen-bond acceptors (Lipinski definition) is 5. The molecule has 0 saturated carbocycles. The number of nitrogens with one attached hydrogen (secondary N) is 1. The van der Waals surface area contributed by atoms with Crippen LogP contribution in [0.4, 0.5) is 5.69 Å². The monoisotopic (exact) mass is 389 g/mol. The van der Waals surface area contributed by atoms with Gasteiger partial charge >= 0.3 is 0 Å². The summed E-state index contributed by atoms with van der Waals surface area (Å²) in [6.45, 7) is 4.03. The Hall–Kier alpha value is -3.25. The second kappa shape index (κ2) is 7.78. The molecule has 0 aliphatic carbocycles. The Balaban J connectivity index is 1.54. The zero-order valence-corrected chi connectivity index (χ0v) is 16.4. The van der Waals surface area contributed by atoms with Crippen LogP contribution in [0.15, 0.2) is 64.5 Å². The standard InChI is InChI=1S/C22H19N3O2S/c1-14-9-10-17(12-15(14)2)22(26)23-18-7-4-3-6-16(18)13-20-24-21(25-27-20)19-8-5-11-28-19/h3-12H,13H2,1-2H3,(H,23,26). The molecule has 5 nitrogen and oxygen atoms in total. The predicted octanol–water partition coefficient (Wildman–Crippen LogP) is 5.26. The van der Waals surface area contributed by atoms with Crippen LogP contribution < -0.4 is 5.32 Å². The van der Waals surface area contributed by atoms with Gasteiger partial charge in [-0.2, -0.15) is 4.98 Å². The molecule has 0 atom stereocenters. The number of thiophene rings is 1. The fourth-order valence-corrected chi connectivity index (χ4v) is 3.52. The molecule has 28 heavy (non-hydrogen) atoms. The summed E-state index contributed by atoms with van der Waals surface area (Å²) in [6, 6.07) is 17.3. The molecule has 140 valence electrons. The van der Waals surface area contributed by atoms with E-state index in [0.29, 0.717) is 23.7 Å². The van der Waals surface area contributed by atoms with Gasteiger partial charge in [0.1, 0.15) is 0 Å². The van der Waals surface area contributed by atoms with E-state index in [0.717, 1.165) is 27.3 Å². The van der Waals surface area contributed by atoms with Crippen LogP contribution in [0.1, 0.15) is 32.9 Å². The molecule has 0 aliphatic rings. The second-order valence-corrected chi connectivity index (χ2v) is 7.52. The van der Waals surface area contributed by atoms with Gasteiger partial charge in [-0.05, 0) is 60.2 Å². The van der Waals surface area contributed by atoms with Gasteiger partial charge < -0.3 is 9.84 Å². The highest BCUT2D eigenvalue weighted by Gasteiger charge is 2.14. The highest BCUT2D eigenvalue weighted by atomic mass is 32.1. The Morgan fingerprint density at radius 3 is 2.71 bits per heavy atom. The van der Waals surface area contributed by atoms with Gasteiger partial charge in [-0.3, -0.25) is 4.79 Å². The van der Waals surface area contributed by atoms with E-state index >= 15 is 0 Å². The van der Waals surface area contributed by atoms with Gasteiger partial charge in [-0.1, -0.05) is 35.5 Å². The summed E-state index contributed by atoms with van der Waals surface area (Å²) in [5.41, 5.74) is 4.54. The van der Waals surface area contributed by atoms with Gasteiger partial charge in [0.2, 0.25) is 11.7 Å². The Morgan fingerprint density at radius 2 is 1.93 bits per heavy atom. The maximum atomic E-state index is 12.7. The molecule has 0 aliphatic heterocycles. The number of nitrogens with zero attached hydrogens (tertiary/aromatic N) is 2. The number of amides is 1. The summed E-state index contributed by atoms with van der Waals surface area (Å²) in [7, 11) is 0. The minimum atomic E-state index is -0.139. The summed E-state index contributed by atoms with van der Waals surface area (Å²) in [5, 5.41) is 9.02. The molecule has 0 fully saturated rings. The molecule has 0 saturated heterocycles. The minimum absolute atomic E-state index is 0.139. The first-order valence-electron chi connectivity index (χ1n) is 8.93. The van der Waals surface area contributed by atoms with Crippen molar-refractivity contribution in [3.63, 3.8) is 0 Å². The van der Waals surface area contributed by atoms with Gasteiger partial charge in [0.25, 0.3) is 5.91 Å². The number of aromatic nitrogens is 2. The third kappa shape index (κ3) is 3.87. The number of carbonyl (C=O) groups excluding carboxylic acids is 1. The van der Waals surface area contributed by atoms with Gasteiger partial charge in [0.05, 0.1) is 11.3 Å². The normalized spacial score (nSPS) is 10.8. The van der Waals surface area contributed by atoms with E-state index in [-0.39, 0.29) is 5.91 Å². The van der Waals surface area contributed by atoms with Crippen molar-refractivity contribution in [2.75, 3.05) is 5.32 Å². The van der Waals surface area contributed by atoms with Crippen LogP contribution in [0, 0.1) is 13.8 Å². The topological polar surface area (TPSA) is 68.0 Å². The molecule has 0 spiro atoms. The molecule has 0 bridgehead atoms. The SMILES string of the molecule is Cc1ccc(C(=O)Nc2ccccc2Cc2nc(-c3cccs3)no2)cc1C. The van der Waals surface area contributed by atoms with Gasteiger partial charge in [-0.15, -0.1) is 11.3 Å². The average Bonchev–Trinajstić information content (AvgIpc) is 3.37. The Bertz CT molecular complexity index is 1120. The van der Waals surface area contributed by atoms with Gasteiger partial charge in [0, 0.05) is 11.3 Å². The highest BCUT2D eigenvalue weighted by Crippen LogP contribution is 2.24. The van der Waals surface area contributed by atoms with Crippen LogP contribution in [0.3, 0.4) is 0 Å². The van der Waals surface area contributed by atoms with Crippen molar-refractivity contribution in [2.24, 2.45) is 0 Å². The maximum absolute atomic E-state index is 12.7. The maximum Gasteiger partial charge on any atom is 0.255 e. The van der Waals surface area contributed by atoms with Crippen LogP contribution in [0.25, 0.3) is 10.7 Å². The third-order valence-electron chi connectivity index (χ3n) is 4.59. The molecule has 1 amide bonds. The number of carbonyl (C=O) groups is 1. The zero-order valence-electron chi connectivity index (χ0n) is 15.6. The van der Waals surface area contributed by atoms with E-state index < -0.39 is 0 Å². The van der Waals surface area contributed by atoms with Crippen LogP contribution in [0.5, 0.6) is 0 Å². The summed E-state index contributed by atoms with van der Waals surface area (Å²) < 4.78 is 5.40. The van der Waals surface area contributed by atoms with Gasteiger partial charge in [0.15, 0.2) is 0 Å². The fraction of sp³-hybridized carbons (Fsp3) is 0.136. The molecule has 2 aromatic heterocycles. The Labute approximate surface area is 167 Å². The molecular weight excluding hydrogens is 370 g/mol. The lowest BCUT2D eigenvalue weighted by atomic mass is 10.1. The first kappa shape index (κ1) is 18.1. The lowest BCUT2D eigenvalue weighted by Crippen LogP contribution is -2.13. The largest absolute Gasteiger partial charge is 0.339 e. The van der Waals surface area contributed by atoms with E-state index in [1.54, 1.807) is 11.3 Å². The fourth-order valence-electron chi connectivity index (χ4n) is 2.87. The van der Waals surface area contributed by atoms with Crippen molar-refractivity contribution in [3.8, 4) is 10.7 Å². The van der Waals surface area contributed by atoms with E-state index in [4.69, 9.17) is 4.52 Å². The van der Waals surface area contributed by atoms with E-state index in [1.165, 1.54) is 0 Å². The molecule has 4 rings (SSSR count). The molecular formula is C22H19N3O2S. The minimum Gasteiger partial charge on any atom is -0.339 e. The Morgan fingerprint density at radius 1 is 1.07 bits per heavy atom. The number of para-hydroxylation sites is 1. The number of rotatable bonds is 5. The van der Waals surface area contributed by atoms with E-state index in [1.807, 2.05) is 73.8 Å². The van der Waals surface area contributed by atoms with Crippen LogP contribution >= 0.6 is 11.3 Å². The molecule has 2 heterocycles. The molecule has 1 N–H and O–H groups in total. The zero-order chi connectivity index (χ0) is 19.5. The van der Waals surface area contributed by atoms with E-state index in [2.05, 4.69) is 15.5 Å². The van der Waals surface area contributed by atoms with Crippen molar-refractivity contribution >= 4 is 22.9 Å². The van der Waals surface area contributed by atoms with Crippen LogP contribution in [-0.2, 0) is 6.42 Å². The Kier molecular flexibility index (Phi) is 5.04. The van der Waals surface area contributed by atoms with E-state index in [9.17, 15) is 4.79 Å². The summed E-state index contributed by atoms with van der Waals surface area (Å²) in [4.78, 5) is 18.1. The van der Waals surface area contributed by atoms with Crippen molar-refractivity contribution in [1.82, 2.24) is 10.1 Å². The average molecular weight is 389 g/mol. The van der Waals surface area contributed by atoms with Gasteiger partial charge in [-0.25, -0.2) is 0 Å². The van der Waals surface area contributed by atoms with Crippen molar-refractivity contribution < 1.29 is 9.32 Å². The number of hydrogen-bond donors (Lipinski definition) is 1. The lowest BCUT2D eigenvalue weighted by molar-refractivity contribution is 0.102. The summed E-state index contributed by atoms with van der Waals surface area (Å²) >= 11 is 1.56. The smallest absolute Gasteiger partial charge is 0.255 e. The molecule has 0 radical (unpaired) electrons. The number of benzene rings is 2. The second-order valence-electron chi connectivity index (χ2n) is 6.58. The predicted molar refractivity (Wildman–Crippen MR) is 111 cm³/mol.